The summed E-state index contributed by atoms with van der Waals surface area (Å²) < 4.78 is 9.54. The van der Waals surface area contributed by atoms with Crippen molar-refractivity contribution in [2.24, 2.45) is 0 Å². The summed E-state index contributed by atoms with van der Waals surface area (Å²) in [7, 11) is 3.03. The average molecular weight is 178 g/mol. The van der Waals surface area contributed by atoms with Crippen LogP contribution >= 0.6 is 11.8 Å². The van der Waals surface area contributed by atoms with Crippen molar-refractivity contribution in [3.63, 3.8) is 0 Å². The van der Waals surface area contributed by atoms with Gasteiger partial charge in [-0.2, -0.15) is 0 Å². The first-order valence-corrected chi connectivity index (χ1v) is 4.65. The van der Waals surface area contributed by atoms with Gasteiger partial charge in [0.15, 0.2) is 0 Å². The fourth-order valence-corrected chi connectivity index (χ4v) is 1.22. The molecule has 0 saturated heterocycles. The fourth-order valence-electron chi connectivity index (χ4n) is 0.670. The van der Waals surface area contributed by atoms with Gasteiger partial charge in [0.05, 0.1) is 7.11 Å². The molecule has 1 atom stereocenters. The summed E-state index contributed by atoms with van der Waals surface area (Å²) in [4.78, 5) is 10.7. The zero-order valence-electron chi connectivity index (χ0n) is 7.12. The van der Waals surface area contributed by atoms with Gasteiger partial charge in [-0.25, -0.2) is 0 Å². The zero-order chi connectivity index (χ0) is 8.69. The van der Waals surface area contributed by atoms with E-state index in [9.17, 15) is 4.79 Å². The van der Waals surface area contributed by atoms with E-state index >= 15 is 0 Å². The molecular weight excluding hydrogens is 164 g/mol. The second kappa shape index (κ2) is 6.49. The molecule has 0 aromatic heterocycles. The molecule has 0 heterocycles. The van der Waals surface area contributed by atoms with Crippen LogP contribution in [-0.4, -0.2) is 31.9 Å². The van der Waals surface area contributed by atoms with Crippen molar-refractivity contribution in [2.45, 2.75) is 18.3 Å². The molecule has 0 aromatic carbocycles. The third-order valence-electron chi connectivity index (χ3n) is 1.34. The maximum absolute atomic E-state index is 10.7. The molecule has 0 bridgehead atoms. The fraction of sp³-hybridized carbons (Fsp3) is 0.857. The first-order chi connectivity index (χ1) is 5.24. The number of rotatable bonds is 5. The molecule has 0 spiro atoms. The molecule has 0 aliphatic heterocycles. The van der Waals surface area contributed by atoms with Gasteiger partial charge in [-0.15, -0.1) is 11.8 Å². The van der Waals surface area contributed by atoms with E-state index in [0.29, 0.717) is 12.8 Å². The molecule has 1 unspecified atom stereocenters. The molecule has 0 saturated carbocycles. The summed E-state index contributed by atoms with van der Waals surface area (Å²) in [6.07, 6.45) is 3.09. The van der Waals surface area contributed by atoms with Crippen molar-refractivity contribution in [3.05, 3.63) is 0 Å². The van der Waals surface area contributed by atoms with Gasteiger partial charge in [0.2, 0.25) is 0 Å². The van der Waals surface area contributed by atoms with Gasteiger partial charge in [-0.3, -0.25) is 4.79 Å². The molecule has 66 valence electrons. The third-order valence-corrected chi connectivity index (χ3v) is 2.29. The number of ether oxygens (including phenoxy) is 2. The van der Waals surface area contributed by atoms with Crippen molar-refractivity contribution in [1.82, 2.24) is 0 Å². The summed E-state index contributed by atoms with van der Waals surface area (Å²) in [6.45, 7) is 0. The Morgan fingerprint density at radius 2 is 2.18 bits per heavy atom. The number of methoxy groups -OCH3 is 2. The second-order valence-electron chi connectivity index (χ2n) is 2.02. The highest BCUT2D eigenvalue weighted by atomic mass is 32.2. The molecular formula is C7H14O3S. The van der Waals surface area contributed by atoms with E-state index in [1.807, 2.05) is 6.26 Å². The largest absolute Gasteiger partial charge is 0.469 e. The molecule has 3 nitrogen and oxygen atoms in total. The van der Waals surface area contributed by atoms with E-state index in [1.54, 1.807) is 18.9 Å². The summed E-state index contributed by atoms with van der Waals surface area (Å²) >= 11 is 1.59. The minimum atomic E-state index is -0.180. The summed E-state index contributed by atoms with van der Waals surface area (Å²) in [5.41, 5.74) is 0.106. The van der Waals surface area contributed by atoms with Gasteiger partial charge in [-0.05, 0) is 12.7 Å². The van der Waals surface area contributed by atoms with Crippen LogP contribution in [-0.2, 0) is 14.3 Å². The lowest BCUT2D eigenvalue weighted by Gasteiger charge is -2.10. The van der Waals surface area contributed by atoms with Gasteiger partial charge in [0.1, 0.15) is 5.44 Å². The molecule has 11 heavy (non-hydrogen) atoms. The van der Waals surface area contributed by atoms with Crippen molar-refractivity contribution < 1.29 is 14.3 Å². The van der Waals surface area contributed by atoms with Gasteiger partial charge in [-0.1, -0.05) is 0 Å². The highest BCUT2D eigenvalue weighted by molar-refractivity contribution is 7.99. The molecule has 0 N–H and O–H groups in total. The molecule has 0 aliphatic rings. The van der Waals surface area contributed by atoms with E-state index in [-0.39, 0.29) is 11.4 Å². The maximum atomic E-state index is 10.7. The SMILES string of the molecule is COC(=O)CCC(OC)SC. The Labute approximate surface area is 71.4 Å². The number of esters is 1. The maximum Gasteiger partial charge on any atom is 0.305 e. The molecule has 0 fully saturated rings. The van der Waals surface area contributed by atoms with Crippen LogP contribution in [0.4, 0.5) is 0 Å². The first-order valence-electron chi connectivity index (χ1n) is 3.37. The van der Waals surface area contributed by atoms with E-state index in [2.05, 4.69) is 4.74 Å². The Morgan fingerprint density at radius 3 is 2.55 bits per heavy atom. The standard InChI is InChI=1S/C7H14O3S/c1-9-6(8)4-5-7(10-2)11-3/h7H,4-5H2,1-3H3. The number of hydrogen-bond acceptors (Lipinski definition) is 4. The van der Waals surface area contributed by atoms with E-state index in [4.69, 9.17) is 4.74 Å². The van der Waals surface area contributed by atoms with Gasteiger partial charge in [0, 0.05) is 13.5 Å². The Balaban J connectivity index is 3.42. The van der Waals surface area contributed by atoms with Crippen LogP contribution in [0.3, 0.4) is 0 Å². The van der Waals surface area contributed by atoms with Crippen LogP contribution in [0.5, 0.6) is 0 Å². The minimum Gasteiger partial charge on any atom is -0.469 e. The van der Waals surface area contributed by atoms with E-state index < -0.39 is 0 Å². The molecule has 0 amide bonds. The molecule has 0 aromatic rings. The van der Waals surface area contributed by atoms with Crippen molar-refractivity contribution in [1.29, 1.82) is 0 Å². The lowest BCUT2D eigenvalue weighted by atomic mass is 10.3. The summed E-state index contributed by atoms with van der Waals surface area (Å²) in [5, 5.41) is 0. The van der Waals surface area contributed by atoms with E-state index in [0.717, 1.165) is 0 Å². The normalized spacial score (nSPS) is 12.6. The Kier molecular flexibility index (Phi) is 6.36. The highest BCUT2D eigenvalue weighted by Crippen LogP contribution is 2.13. The number of thioether (sulfide) groups is 1. The predicted molar refractivity (Wildman–Crippen MR) is 45.6 cm³/mol. The van der Waals surface area contributed by atoms with Crippen molar-refractivity contribution in [2.75, 3.05) is 20.5 Å². The quantitative estimate of drug-likeness (QED) is 0.469. The van der Waals surface area contributed by atoms with Gasteiger partial charge in [0.25, 0.3) is 0 Å². The monoisotopic (exact) mass is 178 g/mol. The zero-order valence-corrected chi connectivity index (χ0v) is 7.94. The summed E-state index contributed by atoms with van der Waals surface area (Å²) in [6, 6.07) is 0. The van der Waals surface area contributed by atoms with Gasteiger partial charge < -0.3 is 9.47 Å². The molecule has 4 heteroatoms. The summed E-state index contributed by atoms with van der Waals surface area (Å²) in [5.74, 6) is -0.180. The molecule has 0 radical (unpaired) electrons. The van der Waals surface area contributed by atoms with Crippen LogP contribution in [0, 0.1) is 0 Å². The van der Waals surface area contributed by atoms with Crippen LogP contribution in [0.25, 0.3) is 0 Å². The van der Waals surface area contributed by atoms with Gasteiger partial charge >= 0.3 is 5.97 Å². The van der Waals surface area contributed by atoms with E-state index in [1.165, 1.54) is 7.11 Å². The van der Waals surface area contributed by atoms with Crippen LogP contribution in [0.15, 0.2) is 0 Å². The Morgan fingerprint density at radius 1 is 1.55 bits per heavy atom. The Hall–Kier alpha value is -0.220. The molecule has 0 aliphatic carbocycles. The Bertz CT molecular complexity index is 112. The molecule has 0 rings (SSSR count). The number of hydrogen-bond donors (Lipinski definition) is 0. The smallest absolute Gasteiger partial charge is 0.305 e. The minimum absolute atomic E-state index is 0.106. The third kappa shape index (κ3) is 5.09. The van der Waals surface area contributed by atoms with Crippen LogP contribution < -0.4 is 0 Å². The predicted octanol–water partition coefficient (Wildman–Crippen LogP) is 1.28. The van der Waals surface area contributed by atoms with Crippen LogP contribution in [0.2, 0.25) is 0 Å². The lowest BCUT2D eigenvalue weighted by molar-refractivity contribution is -0.141. The number of carbonyl (C=O) groups is 1. The second-order valence-corrected chi connectivity index (χ2v) is 3.01. The average Bonchev–Trinajstić information content (AvgIpc) is 2.06. The van der Waals surface area contributed by atoms with Crippen LogP contribution in [0.1, 0.15) is 12.8 Å². The lowest BCUT2D eigenvalue weighted by Crippen LogP contribution is -2.09. The van der Waals surface area contributed by atoms with Crippen molar-refractivity contribution >= 4 is 17.7 Å². The van der Waals surface area contributed by atoms with Crippen molar-refractivity contribution in [3.8, 4) is 0 Å². The number of carbonyl (C=O) groups excluding carboxylic acids is 1. The topological polar surface area (TPSA) is 35.5 Å². The first kappa shape index (κ1) is 10.8. The highest BCUT2D eigenvalue weighted by Gasteiger charge is 2.07.